The number of hydrogen-bond donors (Lipinski definition) is 1. The van der Waals surface area contributed by atoms with Gasteiger partial charge in [-0.3, -0.25) is 4.99 Å². The van der Waals surface area contributed by atoms with Crippen molar-refractivity contribution in [1.82, 2.24) is 0 Å². The van der Waals surface area contributed by atoms with Crippen LogP contribution in [0.5, 0.6) is 5.75 Å². The summed E-state index contributed by atoms with van der Waals surface area (Å²) in [6.07, 6.45) is 1.77. The molecule has 0 spiro atoms. The number of aliphatic imine (C=N–C) groups is 1. The molecule has 0 aromatic heterocycles. The molecule has 0 unspecified atom stereocenters. The fourth-order valence-corrected chi connectivity index (χ4v) is 2.56. The first-order chi connectivity index (χ1) is 12.6. The van der Waals surface area contributed by atoms with Crippen molar-refractivity contribution in [3.05, 3.63) is 94.0 Å². The Balaban J connectivity index is 1.70. The SMILES string of the molecule is O=C(O)c1ccc(COc2ccccc2C=Nc2ccc(Br)cc2)cc1. The minimum atomic E-state index is -0.938. The normalized spacial score (nSPS) is 10.8. The summed E-state index contributed by atoms with van der Waals surface area (Å²) in [6.45, 7) is 0.350. The van der Waals surface area contributed by atoms with Gasteiger partial charge in [0.25, 0.3) is 0 Å². The van der Waals surface area contributed by atoms with Gasteiger partial charge in [-0.05, 0) is 54.1 Å². The average Bonchev–Trinajstić information content (AvgIpc) is 2.67. The molecule has 3 rings (SSSR count). The van der Waals surface area contributed by atoms with Crippen molar-refractivity contribution in [3.63, 3.8) is 0 Å². The maximum atomic E-state index is 10.9. The van der Waals surface area contributed by atoms with Crippen molar-refractivity contribution >= 4 is 33.8 Å². The van der Waals surface area contributed by atoms with Gasteiger partial charge in [-0.25, -0.2) is 4.79 Å². The van der Waals surface area contributed by atoms with E-state index >= 15 is 0 Å². The Bertz CT molecular complexity index is 919. The first-order valence-electron chi connectivity index (χ1n) is 7.95. The van der Waals surface area contributed by atoms with Gasteiger partial charge in [-0.1, -0.05) is 40.2 Å². The molecule has 130 valence electrons. The maximum absolute atomic E-state index is 10.9. The van der Waals surface area contributed by atoms with Crippen molar-refractivity contribution in [2.45, 2.75) is 6.61 Å². The Kier molecular flexibility index (Phi) is 5.81. The molecule has 3 aromatic carbocycles. The fraction of sp³-hybridized carbons (Fsp3) is 0.0476. The van der Waals surface area contributed by atoms with E-state index in [0.29, 0.717) is 6.61 Å². The molecule has 0 atom stereocenters. The lowest BCUT2D eigenvalue weighted by atomic mass is 10.1. The second kappa shape index (κ2) is 8.45. The quantitative estimate of drug-likeness (QED) is 0.548. The standard InChI is InChI=1S/C21H16BrNO3/c22-18-9-11-19(12-10-18)23-13-17-3-1-2-4-20(17)26-14-15-5-7-16(8-6-15)21(24)25/h1-13H,14H2,(H,24,25). The van der Waals surface area contributed by atoms with Gasteiger partial charge in [-0.15, -0.1) is 0 Å². The van der Waals surface area contributed by atoms with Crippen LogP contribution < -0.4 is 4.74 Å². The van der Waals surface area contributed by atoms with E-state index in [1.807, 2.05) is 48.5 Å². The minimum Gasteiger partial charge on any atom is -0.488 e. The summed E-state index contributed by atoms with van der Waals surface area (Å²) >= 11 is 3.40. The zero-order valence-electron chi connectivity index (χ0n) is 13.8. The van der Waals surface area contributed by atoms with E-state index < -0.39 is 5.97 Å². The molecule has 0 amide bonds. The van der Waals surface area contributed by atoms with Gasteiger partial charge in [-0.2, -0.15) is 0 Å². The topological polar surface area (TPSA) is 58.9 Å². The van der Waals surface area contributed by atoms with Crippen molar-refractivity contribution in [1.29, 1.82) is 0 Å². The van der Waals surface area contributed by atoms with Crippen molar-refractivity contribution in [2.75, 3.05) is 0 Å². The molecule has 0 aliphatic rings. The van der Waals surface area contributed by atoms with Gasteiger partial charge in [0, 0.05) is 16.3 Å². The molecular formula is C21H16BrNO3. The summed E-state index contributed by atoms with van der Waals surface area (Å²) in [5.74, 6) is -0.220. The second-order valence-electron chi connectivity index (χ2n) is 5.56. The Morgan fingerprint density at radius 1 is 1.00 bits per heavy atom. The molecule has 0 saturated carbocycles. The molecule has 0 heterocycles. The van der Waals surface area contributed by atoms with E-state index in [2.05, 4.69) is 20.9 Å². The first kappa shape index (κ1) is 17.9. The Morgan fingerprint density at radius 2 is 1.69 bits per heavy atom. The van der Waals surface area contributed by atoms with Gasteiger partial charge < -0.3 is 9.84 Å². The zero-order chi connectivity index (χ0) is 18.4. The largest absolute Gasteiger partial charge is 0.488 e. The highest BCUT2D eigenvalue weighted by molar-refractivity contribution is 9.10. The minimum absolute atomic E-state index is 0.260. The van der Waals surface area contributed by atoms with Crippen LogP contribution in [-0.2, 0) is 6.61 Å². The smallest absolute Gasteiger partial charge is 0.335 e. The molecule has 1 N–H and O–H groups in total. The fourth-order valence-electron chi connectivity index (χ4n) is 2.29. The summed E-state index contributed by atoms with van der Waals surface area (Å²) in [4.78, 5) is 15.4. The highest BCUT2D eigenvalue weighted by Gasteiger charge is 2.04. The number of para-hydroxylation sites is 1. The second-order valence-corrected chi connectivity index (χ2v) is 6.48. The molecule has 0 aliphatic heterocycles. The summed E-state index contributed by atoms with van der Waals surface area (Å²) in [5, 5.41) is 8.94. The Labute approximate surface area is 159 Å². The van der Waals surface area contributed by atoms with Crippen LogP contribution >= 0.6 is 15.9 Å². The van der Waals surface area contributed by atoms with Crippen LogP contribution in [0.15, 0.2) is 82.3 Å². The number of nitrogens with zero attached hydrogens (tertiary/aromatic N) is 1. The first-order valence-corrected chi connectivity index (χ1v) is 8.75. The summed E-state index contributed by atoms with van der Waals surface area (Å²) in [6, 6.07) is 22.0. The van der Waals surface area contributed by atoms with Crippen LogP contribution in [0.3, 0.4) is 0 Å². The monoisotopic (exact) mass is 409 g/mol. The van der Waals surface area contributed by atoms with Crippen LogP contribution in [0.4, 0.5) is 5.69 Å². The Morgan fingerprint density at radius 3 is 2.38 bits per heavy atom. The van der Waals surface area contributed by atoms with Crippen LogP contribution in [0.1, 0.15) is 21.5 Å². The van der Waals surface area contributed by atoms with E-state index in [9.17, 15) is 4.79 Å². The molecular weight excluding hydrogens is 394 g/mol. The lowest BCUT2D eigenvalue weighted by Crippen LogP contribution is -2.00. The van der Waals surface area contributed by atoms with Crippen molar-refractivity contribution < 1.29 is 14.6 Å². The number of aromatic carboxylic acids is 1. The lowest BCUT2D eigenvalue weighted by molar-refractivity contribution is 0.0697. The number of ether oxygens (including phenoxy) is 1. The summed E-state index contributed by atoms with van der Waals surface area (Å²) < 4.78 is 6.89. The highest BCUT2D eigenvalue weighted by atomic mass is 79.9. The van der Waals surface area contributed by atoms with Crippen LogP contribution in [0.25, 0.3) is 0 Å². The maximum Gasteiger partial charge on any atom is 0.335 e. The van der Waals surface area contributed by atoms with E-state index in [0.717, 1.165) is 27.0 Å². The van der Waals surface area contributed by atoms with Crippen LogP contribution in [0, 0.1) is 0 Å². The number of carboxylic acid groups (broad SMARTS) is 1. The number of rotatable bonds is 6. The lowest BCUT2D eigenvalue weighted by Gasteiger charge is -2.09. The number of hydrogen-bond acceptors (Lipinski definition) is 3. The molecule has 26 heavy (non-hydrogen) atoms. The number of carbonyl (C=O) groups is 1. The number of halogens is 1. The van der Waals surface area contributed by atoms with Gasteiger partial charge in [0.2, 0.25) is 0 Å². The number of carboxylic acids is 1. The molecule has 0 bridgehead atoms. The highest BCUT2D eigenvalue weighted by Crippen LogP contribution is 2.21. The summed E-state index contributed by atoms with van der Waals surface area (Å²) in [5.41, 5.74) is 2.88. The van der Waals surface area contributed by atoms with Gasteiger partial charge >= 0.3 is 5.97 Å². The third kappa shape index (κ3) is 4.80. The van der Waals surface area contributed by atoms with E-state index in [1.54, 1.807) is 30.5 Å². The molecule has 0 radical (unpaired) electrons. The van der Waals surface area contributed by atoms with Gasteiger partial charge in [0.1, 0.15) is 12.4 Å². The van der Waals surface area contributed by atoms with E-state index in [4.69, 9.17) is 9.84 Å². The van der Waals surface area contributed by atoms with E-state index in [1.165, 1.54) is 0 Å². The zero-order valence-corrected chi connectivity index (χ0v) is 15.4. The van der Waals surface area contributed by atoms with Crippen molar-refractivity contribution in [3.8, 4) is 5.75 Å². The molecule has 0 aliphatic carbocycles. The van der Waals surface area contributed by atoms with Crippen LogP contribution in [-0.4, -0.2) is 17.3 Å². The molecule has 0 saturated heterocycles. The number of benzene rings is 3. The molecule has 3 aromatic rings. The predicted molar refractivity (Wildman–Crippen MR) is 106 cm³/mol. The van der Waals surface area contributed by atoms with Gasteiger partial charge in [0.05, 0.1) is 11.3 Å². The van der Waals surface area contributed by atoms with E-state index in [-0.39, 0.29) is 5.56 Å². The van der Waals surface area contributed by atoms with Crippen molar-refractivity contribution in [2.24, 2.45) is 4.99 Å². The average molecular weight is 410 g/mol. The van der Waals surface area contributed by atoms with Crippen LogP contribution in [0.2, 0.25) is 0 Å². The van der Waals surface area contributed by atoms with Gasteiger partial charge in [0.15, 0.2) is 0 Å². The third-order valence-corrected chi connectivity index (χ3v) is 4.22. The predicted octanol–water partition coefficient (Wildman–Crippen LogP) is 5.48. The summed E-state index contributed by atoms with van der Waals surface area (Å²) in [7, 11) is 0. The molecule has 4 nitrogen and oxygen atoms in total. The molecule has 0 fully saturated rings. The molecule has 5 heteroatoms. The Hall–Kier alpha value is -2.92. The third-order valence-electron chi connectivity index (χ3n) is 3.69.